The van der Waals surface area contributed by atoms with Crippen LogP contribution in [0.15, 0.2) is 36.5 Å². The average Bonchev–Trinajstić information content (AvgIpc) is 2.34. The number of pyridine rings is 1. The fourth-order valence-corrected chi connectivity index (χ4v) is 1.75. The molecule has 0 atom stereocenters. The molecule has 0 N–H and O–H groups in total. The van der Waals surface area contributed by atoms with E-state index in [1.807, 2.05) is 13.0 Å². The van der Waals surface area contributed by atoms with Crippen LogP contribution < -0.4 is 4.74 Å². The van der Waals surface area contributed by atoms with Gasteiger partial charge in [0.15, 0.2) is 11.6 Å². The zero-order valence-corrected chi connectivity index (χ0v) is 10.9. The van der Waals surface area contributed by atoms with Gasteiger partial charge < -0.3 is 4.74 Å². The van der Waals surface area contributed by atoms with Gasteiger partial charge in [-0.05, 0) is 36.8 Å². The number of benzene rings is 1. The van der Waals surface area contributed by atoms with Crippen LogP contribution in [0.1, 0.15) is 11.3 Å². The topological polar surface area (TPSA) is 22.1 Å². The lowest BCUT2D eigenvalue weighted by Crippen LogP contribution is -1.93. The first-order valence-electron chi connectivity index (χ1n) is 5.14. The van der Waals surface area contributed by atoms with E-state index in [1.54, 1.807) is 24.4 Å². The second-order valence-corrected chi connectivity index (χ2v) is 4.15. The molecule has 1 aromatic carbocycles. The third-order valence-electron chi connectivity index (χ3n) is 2.33. The molecule has 1 heterocycles. The van der Waals surface area contributed by atoms with Crippen molar-refractivity contribution in [3.05, 3.63) is 53.6 Å². The average molecular weight is 296 g/mol. The highest BCUT2D eigenvalue weighted by Crippen LogP contribution is 2.26. The van der Waals surface area contributed by atoms with Crippen LogP contribution in [0.3, 0.4) is 0 Å². The minimum Gasteiger partial charge on any atom is -0.452 e. The Kier molecular flexibility index (Phi) is 3.74. The molecule has 0 aliphatic rings. The molecule has 1 aromatic heterocycles. The summed E-state index contributed by atoms with van der Waals surface area (Å²) in [6, 6.07) is 8.42. The zero-order chi connectivity index (χ0) is 12.3. The maximum Gasteiger partial charge on any atom is 0.166 e. The van der Waals surface area contributed by atoms with Gasteiger partial charge in [0, 0.05) is 11.5 Å². The Bertz CT molecular complexity index is 531. The number of nitrogens with zero attached hydrogens (tertiary/aromatic N) is 1. The van der Waals surface area contributed by atoms with Crippen LogP contribution in [-0.4, -0.2) is 4.98 Å². The van der Waals surface area contributed by atoms with Gasteiger partial charge in [-0.3, -0.25) is 4.98 Å². The smallest absolute Gasteiger partial charge is 0.166 e. The van der Waals surface area contributed by atoms with Crippen molar-refractivity contribution in [3.8, 4) is 11.5 Å². The summed E-state index contributed by atoms with van der Waals surface area (Å²) < 4.78 is 19.2. The number of rotatable bonds is 3. The Balaban J connectivity index is 2.28. The summed E-state index contributed by atoms with van der Waals surface area (Å²) in [6.07, 6.45) is 1.67. The van der Waals surface area contributed by atoms with Gasteiger partial charge in [0.2, 0.25) is 0 Å². The lowest BCUT2D eigenvalue weighted by molar-refractivity contribution is 0.437. The van der Waals surface area contributed by atoms with Crippen LogP contribution in [0.2, 0.25) is 0 Å². The summed E-state index contributed by atoms with van der Waals surface area (Å²) in [7, 11) is 0. The number of hydrogen-bond acceptors (Lipinski definition) is 2. The van der Waals surface area contributed by atoms with E-state index in [0.29, 0.717) is 11.1 Å². The van der Waals surface area contributed by atoms with Crippen molar-refractivity contribution in [3.63, 3.8) is 0 Å². The highest BCUT2D eigenvalue weighted by Gasteiger charge is 2.07. The van der Waals surface area contributed by atoms with Gasteiger partial charge in [0.1, 0.15) is 5.75 Å². The van der Waals surface area contributed by atoms with Crippen molar-refractivity contribution >= 4 is 15.9 Å². The normalized spacial score (nSPS) is 10.3. The van der Waals surface area contributed by atoms with Crippen molar-refractivity contribution in [2.75, 3.05) is 0 Å². The quantitative estimate of drug-likeness (QED) is 0.791. The number of hydrogen-bond donors (Lipinski definition) is 0. The van der Waals surface area contributed by atoms with E-state index in [9.17, 15) is 4.39 Å². The van der Waals surface area contributed by atoms with Crippen molar-refractivity contribution in [2.24, 2.45) is 0 Å². The lowest BCUT2D eigenvalue weighted by Gasteiger charge is -2.09. The lowest BCUT2D eigenvalue weighted by atomic mass is 10.2. The molecule has 0 aliphatic heterocycles. The first kappa shape index (κ1) is 12.0. The monoisotopic (exact) mass is 295 g/mol. The summed E-state index contributed by atoms with van der Waals surface area (Å²) in [5.74, 6) is 0.411. The van der Waals surface area contributed by atoms with Crippen LogP contribution in [0.4, 0.5) is 4.39 Å². The second-order valence-electron chi connectivity index (χ2n) is 3.59. The first-order chi connectivity index (χ1) is 8.20. The van der Waals surface area contributed by atoms with E-state index < -0.39 is 0 Å². The Labute approximate surface area is 108 Å². The van der Waals surface area contributed by atoms with E-state index in [4.69, 9.17) is 4.74 Å². The molecule has 4 heteroatoms. The molecule has 17 heavy (non-hydrogen) atoms. The Hall–Kier alpha value is -1.42. The van der Waals surface area contributed by atoms with E-state index in [-0.39, 0.29) is 11.6 Å². The number of halogens is 2. The van der Waals surface area contributed by atoms with Gasteiger partial charge in [-0.1, -0.05) is 22.0 Å². The summed E-state index contributed by atoms with van der Waals surface area (Å²) in [4.78, 5) is 4.08. The molecule has 0 saturated heterocycles. The highest BCUT2D eigenvalue weighted by atomic mass is 79.9. The molecule has 0 amide bonds. The van der Waals surface area contributed by atoms with Gasteiger partial charge in [-0.15, -0.1) is 0 Å². The Morgan fingerprint density at radius 1 is 1.29 bits per heavy atom. The molecule has 0 radical (unpaired) electrons. The molecular weight excluding hydrogens is 285 g/mol. The zero-order valence-electron chi connectivity index (χ0n) is 9.28. The molecule has 2 nitrogen and oxygen atoms in total. The molecular formula is C13H11BrFNO. The Morgan fingerprint density at radius 3 is 2.76 bits per heavy atom. The second kappa shape index (κ2) is 5.27. The van der Waals surface area contributed by atoms with E-state index >= 15 is 0 Å². The van der Waals surface area contributed by atoms with Gasteiger partial charge >= 0.3 is 0 Å². The summed E-state index contributed by atoms with van der Waals surface area (Å²) >= 11 is 3.28. The maximum atomic E-state index is 13.7. The first-order valence-corrected chi connectivity index (χ1v) is 6.26. The largest absolute Gasteiger partial charge is 0.452 e. The van der Waals surface area contributed by atoms with Crippen molar-refractivity contribution < 1.29 is 9.13 Å². The summed E-state index contributed by atoms with van der Waals surface area (Å²) in [6.45, 7) is 1.82. The molecule has 0 bridgehead atoms. The van der Waals surface area contributed by atoms with Gasteiger partial charge in [0.25, 0.3) is 0 Å². The SMILES string of the molecule is Cc1ncccc1Oc1ccc(CBr)cc1F. The van der Waals surface area contributed by atoms with Crippen LogP contribution in [0.5, 0.6) is 11.5 Å². The number of alkyl halides is 1. The fraction of sp³-hybridized carbons (Fsp3) is 0.154. The van der Waals surface area contributed by atoms with Crippen LogP contribution in [-0.2, 0) is 5.33 Å². The van der Waals surface area contributed by atoms with Crippen LogP contribution >= 0.6 is 15.9 Å². The fourth-order valence-electron chi connectivity index (χ4n) is 1.41. The van der Waals surface area contributed by atoms with Crippen molar-refractivity contribution in [1.82, 2.24) is 4.98 Å². The predicted molar refractivity (Wildman–Crippen MR) is 68.1 cm³/mol. The third-order valence-corrected chi connectivity index (χ3v) is 2.98. The summed E-state index contributed by atoms with van der Waals surface area (Å²) in [5, 5.41) is 0.621. The number of aryl methyl sites for hydroxylation is 1. The highest BCUT2D eigenvalue weighted by molar-refractivity contribution is 9.08. The molecule has 0 saturated carbocycles. The van der Waals surface area contributed by atoms with Crippen molar-refractivity contribution in [2.45, 2.75) is 12.3 Å². The molecule has 0 aliphatic carbocycles. The van der Waals surface area contributed by atoms with E-state index in [1.165, 1.54) is 6.07 Å². The third kappa shape index (κ3) is 2.82. The molecule has 88 valence electrons. The standard InChI is InChI=1S/C13H11BrFNO/c1-9-12(3-2-6-16-9)17-13-5-4-10(8-14)7-11(13)15/h2-7H,8H2,1H3. The minimum atomic E-state index is -0.370. The molecule has 0 fully saturated rings. The van der Waals surface area contributed by atoms with Crippen LogP contribution in [0, 0.1) is 12.7 Å². The predicted octanol–water partition coefficient (Wildman–Crippen LogP) is 4.22. The van der Waals surface area contributed by atoms with Gasteiger partial charge in [0.05, 0.1) is 5.69 Å². The van der Waals surface area contributed by atoms with Crippen molar-refractivity contribution in [1.29, 1.82) is 0 Å². The van der Waals surface area contributed by atoms with E-state index in [2.05, 4.69) is 20.9 Å². The molecule has 0 spiro atoms. The minimum absolute atomic E-state index is 0.214. The maximum absolute atomic E-state index is 13.7. The number of ether oxygens (including phenoxy) is 1. The molecule has 2 rings (SSSR count). The Morgan fingerprint density at radius 2 is 2.12 bits per heavy atom. The van der Waals surface area contributed by atoms with Gasteiger partial charge in [-0.2, -0.15) is 0 Å². The van der Waals surface area contributed by atoms with E-state index in [0.717, 1.165) is 11.3 Å². The van der Waals surface area contributed by atoms with Gasteiger partial charge in [-0.25, -0.2) is 4.39 Å². The summed E-state index contributed by atoms with van der Waals surface area (Å²) in [5.41, 5.74) is 1.61. The number of aromatic nitrogens is 1. The van der Waals surface area contributed by atoms with Crippen LogP contribution in [0.25, 0.3) is 0 Å². The molecule has 2 aromatic rings. The molecule has 0 unspecified atom stereocenters.